The van der Waals surface area contributed by atoms with E-state index >= 15 is 0 Å². The van der Waals surface area contributed by atoms with Gasteiger partial charge in [0.1, 0.15) is 6.23 Å². The molecule has 0 fully saturated rings. The minimum Gasteiger partial charge on any atom is -0.287 e. The summed E-state index contributed by atoms with van der Waals surface area (Å²) < 4.78 is 0. The Balaban J connectivity index is 3.41. The molecule has 0 saturated heterocycles. The average Bonchev–Trinajstić information content (AvgIpc) is 1.97. The van der Waals surface area contributed by atoms with Crippen molar-refractivity contribution in [1.82, 2.24) is 5.32 Å². The van der Waals surface area contributed by atoms with Gasteiger partial charge in [-0.15, -0.1) is 0 Å². The topological polar surface area (TPSA) is 31.9 Å². The Morgan fingerprint density at radius 2 is 2.00 bits per heavy atom. The zero-order valence-corrected chi connectivity index (χ0v) is 7.89. The van der Waals surface area contributed by atoms with Crippen LogP contribution in [-0.2, 0) is 5.11 Å². The molecule has 0 rings (SSSR count). The number of unbranched alkanes of at least 4 members (excludes halogenated alkanes) is 1. The Bertz CT molecular complexity index is 83.6. The quantitative estimate of drug-likeness (QED) is 0.591. The molecule has 2 atom stereocenters. The smallest absolute Gasteiger partial charge is 0.141 e. The van der Waals surface area contributed by atoms with E-state index in [1.807, 2.05) is 0 Å². The first kappa shape index (κ1) is 10.9. The summed E-state index contributed by atoms with van der Waals surface area (Å²) in [5.74, 6) is 0. The van der Waals surface area contributed by atoms with E-state index in [0.717, 1.165) is 12.8 Å². The number of hydrogen-bond donors (Lipinski definition) is 1. The highest BCUT2D eigenvalue weighted by Crippen LogP contribution is 2.04. The van der Waals surface area contributed by atoms with Crippen molar-refractivity contribution in [2.24, 2.45) is 0 Å². The van der Waals surface area contributed by atoms with Crippen molar-refractivity contribution in [3.05, 3.63) is 0 Å². The van der Waals surface area contributed by atoms with Gasteiger partial charge in [-0.3, -0.25) is 5.32 Å². The molecule has 0 spiro atoms. The minimum atomic E-state index is -0.614. The van der Waals surface area contributed by atoms with Crippen LogP contribution in [0.1, 0.15) is 46.5 Å². The first-order valence-corrected chi connectivity index (χ1v) is 4.62. The lowest BCUT2D eigenvalue weighted by Gasteiger charge is -2.17. The maximum Gasteiger partial charge on any atom is 0.141 e. The highest BCUT2D eigenvalue weighted by molar-refractivity contribution is 4.64. The summed E-state index contributed by atoms with van der Waals surface area (Å²) in [6, 6.07) is 0.433. The molecule has 1 N–H and O–H groups in total. The zero-order chi connectivity index (χ0) is 8.69. The Morgan fingerprint density at radius 1 is 1.36 bits per heavy atom. The fraction of sp³-hybridized carbons (Fsp3) is 1.00. The predicted molar refractivity (Wildman–Crippen MR) is 46.9 cm³/mol. The van der Waals surface area contributed by atoms with Gasteiger partial charge in [-0.05, 0) is 19.8 Å². The van der Waals surface area contributed by atoms with Crippen LogP contribution >= 0.6 is 0 Å². The molecule has 0 aliphatic heterocycles. The summed E-state index contributed by atoms with van der Waals surface area (Å²) in [7, 11) is 0. The lowest BCUT2D eigenvalue weighted by Crippen LogP contribution is -2.35. The van der Waals surface area contributed by atoms with Crippen LogP contribution in [0.5, 0.6) is 0 Å². The molecular weight excluding hydrogens is 138 g/mol. The maximum atomic E-state index is 10.7. The van der Waals surface area contributed by atoms with E-state index in [1.165, 1.54) is 12.8 Å². The van der Waals surface area contributed by atoms with E-state index in [4.69, 9.17) is 0 Å². The SMILES string of the molecule is CCCCC(CC)NC(C)[O]. The van der Waals surface area contributed by atoms with Crippen LogP contribution in [0.25, 0.3) is 0 Å². The van der Waals surface area contributed by atoms with Gasteiger partial charge in [0.2, 0.25) is 0 Å². The maximum absolute atomic E-state index is 10.7. The van der Waals surface area contributed by atoms with Crippen molar-refractivity contribution in [3.63, 3.8) is 0 Å². The van der Waals surface area contributed by atoms with E-state index in [-0.39, 0.29) is 0 Å². The fourth-order valence-corrected chi connectivity index (χ4v) is 1.19. The molecule has 67 valence electrons. The molecule has 0 aliphatic rings. The van der Waals surface area contributed by atoms with Gasteiger partial charge in [-0.2, -0.15) is 0 Å². The third-order valence-corrected chi connectivity index (χ3v) is 1.87. The van der Waals surface area contributed by atoms with Gasteiger partial charge < -0.3 is 0 Å². The summed E-state index contributed by atoms with van der Waals surface area (Å²) in [5, 5.41) is 13.8. The molecule has 2 unspecified atom stereocenters. The van der Waals surface area contributed by atoms with Crippen LogP contribution in [0.4, 0.5) is 0 Å². The van der Waals surface area contributed by atoms with Gasteiger partial charge in [0.25, 0.3) is 0 Å². The highest BCUT2D eigenvalue weighted by Gasteiger charge is 2.07. The predicted octanol–water partition coefficient (Wildman–Crippen LogP) is 2.32. The van der Waals surface area contributed by atoms with Gasteiger partial charge in [-0.1, -0.05) is 26.7 Å². The summed E-state index contributed by atoms with van der Waals surface area (Å²) in [6.45, 7) is 5.96. The van der Waals surface area contributed by atoms with Crippen LogP contribution in [0, 0.1) is 0 Å². The molecular formula is C9H20NO. The first-order chi connectivity index (χ1) is 5.20. The molecule has 2 nitrogen and oxygen atoms in total. The van der Waals surface area contributed by atoms with E-state index in [2.05, 4.69) is 19.2 Å². The molecule has 0 amide bonds. The second kappa shape index (κ2) is 6.62. The van der Waals surface area contributed by atoms with Gasteiger partial charge in [0, 0.05) is 6.04 Å². The summed E-state index contributed by atoms with van der Waals surface area (Å²) in [6.07, 6.45) is 4.02. The molecule has 1 radical (unpaired) electrons. The molecule has 0 saturated carbocycles. The lowest BCUT2D eigenvalue weighted by atomic mass is 10.1. The Morgan fingerprint density at radius 3 is 2.36 bits per heavy atom. The fourth-order valence-electron chi connectivity index (χ4n) is 1.19. The molecule has 0 aromatic carbocycles. The van der Waals surface area contributed by atoms with E-state index < -0.39 is 6.23 Å². The monoisotopic (exact) mass is 158 g/mol. The van der Waals surface area contributed by atoms with Crippen molar-refractivity contribution >= 4 is 0 Å². The third-order valence-electron chi connectivity index (χ3n) is 1.87. The van der Waals surface area contributed by atoms with Crippen LogP contribution in [0.2, 0.25) is 0 Å². The second-order valence-corrected chi connectivity index (χ2v) is 3.06. The average molecular weight is 158 g/mol. The third kappa shape index (κ3) is 6.32. The summed E-state index contributed by atoms with van der Waals surface area (Å²) in [4.78, 5) is 0. The van der Waals surface area contributed by atoms with E-state index in [0.29, 0.717) is 6.04 Å². The molecule has 0 aromatic rings. The second-order valence-electron chi connectivity index (χ2n) is 3.06. The standard InChI is InChI=1S/C9H20NO/c1-4-6-7-9(5-2)10-8(3)11/h8-10H,4-7H2,1-3H3. The van der Waals surface area contributed by atoms with Crippen molar-refractivity contribution in [2.75, 3.05) is 0 Å². The molecule has 0 bridgehead atoms. The van der Waals surface area contributed by atoms with E-state index in [9.17, 15) is 5.11 Å². The first-order valence-electron chi connectivity index (χ1n) is 4.62. The van der Waals surface area contributed by atoms with Crippen LogP contribution in [-0.4, -0.2) is 12.3 Å². The van der Waals surface area contributed by atoms with Crippen LogP contribution in [0.15, 0.2) is 0 Å². The van der Waals surface area contributed by atoms with Crippen LogP contribution in [0.3, 0.4) is 0 Å². The largest absolute Gasteiger partial charge is 0.287 e. The summed E-state index contributed by atoms with van der Waals surface area (Å²) >= 11 is 0. The summed E-state index contributed by atoms with van der Waals surface area (Å²) in [5.41, 5.74) is 0. The molecule has 2 heteroatoms. The Hall–Kier alpha value is -0.0800. The Labute approximate surface area is 70.0 Å². The van der Waals surface area contributed by atoms with Crippen molar-refractivity contribution in [2.45, 2.75) is 58.7 Å². The van der Waals surface area contributed by atoms with Crippen molar-refractivity contribution in [3.8, 4) is 0 Å². The zero-order valence-electron chi connectivity index (χ0n) is 7.89. The number of nitrogens with one attached hydrogen (secondary N) is 1. The Kier molecular flexibility index (Phi) is 6.57. The normalized spacial score (nSPS) is 16.4. The van der Waals surface area contributed by atoms with Crippen molar-refractivity contribution < 1.29 is 5.11 Å². The van der Waals surface area contributed by atoms with Gasteiger partial charge in [0.05, 0.1) is 0 Å². The van der Waals surface area contributed by atoms with Gasteiger partial charge >= 0.3 is 0 Å². The van der Waals surface area contributed by atoms with E-state index in [1.54, 1.807) is 6.92 Å². The molecule has 0 aromatic heterocycles. The highest BCUT2D eigenvalue weighted by atomic mass is 16.3. The van der Waals surface area contributed by atoms with Gasteiger partial charge in [-0.25, -0.2) is 5.11 Å². The molecule has 11 heavy (non-hydrogen) atoms. The van der Waals surface area contributed by atoms with Crippen molar-refractivity contribution in [1.29, 1.82) is 0 Å². The molecule has 0 aliphatic carbocycles. The molecule has 0 heterocycles. The van der Waals surface area contributed by atoms with Gasteiger partial charge in [0.15, 0.2) is 0 Å². The lowest BCUT2D eigenvalue weighted by molar-refractivity contribution is 0.0618. The number of rotatable bonds is 6. The van der Waals surface area contributed by atoms with Crippen LogP contribution < -0.4 is 5.32 Å². The minimum absolute atomic E-state index is 0.433. The number of hydrogen-bond acceptors (Lipinski definition) is 1.